The first-order valence-corrected chi connectivity index (χ1v) is 16.1. The summed E-state index contributed by atoms with van der Waals surface area (Å²) in [7, 11) is 6.65. The van der Waals surface area contributed by atoms with Crippen LogP contribution in [0.2, 0.25) is 0 Å². The first kappa shape index (κ1) is 32.5. The third-order valence-electron chi connectivity index (χ3n) is 9.54. The van der Waals surface area contributed by atoms with Crippen LogP contribution in [0.25, 0.3) is 0 Å². The number of carbonyl (C=O) groups is 2. The SMILES string of the molecule is COc1cc2c(cc1OCCCCCOc1cc3c(cc1OC)C(=O)N1C=C(C)C[C@H]1[C@H](O)N3C)N(C)[C@@H](O)[C@@H]1CC(C)=CN1C2=O. The molecule has 2 aromatic carbocycles. The molecule has 4 aliphatic rings. The van der Waals surface area contributed by atoms with Crippen molar-refractivity contribution in [1.82, 2.24) is 9.80 Å². The van der Waals surface area contributed by atoms with Gasteiger partial charge < -0.3 is 48.8 Å². The summed E-state index contributed by atoms with van der Waals surface area (Å²) in [5, 5.41) is 22.1. The lowest BCUT2D eigenvalue weighted by atomic mass is 10.1. The molecule has 2 aromatic rings. The average molecular weight is 649 g/mol. The zero-order valence-electron chi connectivity index (χ0n) is 27.9. The third-order valence-corrected chi connectivity index (χ3v) is 9.54. The molecule has 2 N–H and O–H groups in total. The van der Waals surface area contributed by atoms with Crippen molar-refractivity contribution >= 4 is 23.2 Å². The van der Waals surface area contributed by atoms with Gasteiger partial charge >= 0.3 is 0 Å². The molecule has 4 heterocycles. The van der Waals surface area contributed by atoms with Crippen molar-refractivity contribution in [3.8, 4) is 23.0 Å². The highest BCUT2D eigenvalue weighted by atomic mass is 16.5. The summed E-state index contributed by atoms with van der Waals surface area (Å²) < 4.78 is 23.4. The lowest BCUT2D eigenvalue weighted by Crippen LogP contribution is -2.46. The maximum Gasteiger partial charge on any atom is 0.260 e. The number of anilines is 2. The number of unbranched alkanes of at least 4 members (excludes halogenated alkanes) is 2. The standard InChI is InChI=1S/C35H44N4O8/c1-20-12-26-34(42)36(3)24-16-30(28(44-5)14-22(24)32(40)38(26)18-20)46-10-8-7-9-11-47-31-17-25-23(15-29(31)45-6)33(41)39-19-21(2)13-27(39)35(43)37(25)4/h14-19,26-27,34-35,42-43H,7-13H2,1-6H3/t26-,27-,34-,35-/m0/s1. The van der Waals surface area contributed by atoms with Crippen LogP contribution in [0.4, 0.5) is 11.4 Å². The van der Waals surface area contributed by atoms with Crippen LogP contribution in [0, 0.1) is 0 Å². The maximum atomic E-state index is 13.4. The lowest BCUT2D eigenvalue weighted by molar-refractivity contribution is 0.0587. The Bertz CT molecular complexity index is 1510. The largest absolute Gasteiger partial charge is 0.493 e. The molecule has 6 rings (SSSR count). The summed E-state index contributed by atoms with van der Waals surface area (Å²) in [6.07, 6.45) is 5.44. The Labute approximate surface area is 275 Å². The first-order valence-electron chi connectivity index (χ1n) is 16.1. The molecule has 4 aliphatic heterocycles. The molecule has 4 atom stereocenters. The van der Waals surface area contributed by atoms with Crippen molar-refractivity contribution in [2.45, 2.75) is 70.5 Å². The van der Waals surface area contributed by atoms with Crippen LogP contribution in [0.5, 0.6) is 23.0 Å². The molecule has 2 amide bonds. The van der Waals surface area contributed by atoms with Crippen LogP contribution in [0.15, 0.2) is 47.8 Å². The maximum absolute atomic E-state index is 13.4. The highest BCUT2D eigenvalue weighted by molar-refractivity contribution is 6.03. The lowest BCUT2D eigenvalue weighted by Gasteiger charge is -2.31. The third kappa shape index (κ3) is 5.84. The topological polar surface area (TPSA) is 124 Å². The van der Waals surface area contributed by atoms with Crippen LogP contribution in [-0.2, 0) is 0 Å². The van der Waals surface area contributed by atoms with E-state index < -0.39 is 12.5 Å². The number of fused-ring (bicyclic) bond motifs is 4. The molecule has 0 fully saturated rings. The van der Waals surface area contributed by atoms with E-state index in [1.54, 1.807) is 72.2 Å². The minimum absolute atomic E-state index is 0.178. The van der Waals surface area contributed by atoms with Crippen LogP contribution in [0.1, 0.15) is 66.7 Å². The molecule has 0 saturated carbocycles. The smallest absolute Gasteiger partial charge is 0.260 e. The van der Waals surface area contributed by atoms with Crippen molar-refractivity contribution in [3.63, 3.8) is 0 Å². The molecule has 0 radical (unpaired) electrons. The molecule has 0 unspecified atom stereocenters. The van der Waals surface area contributed by atoms with E-state index in [0.717, 1.165) is 30.4 Å². The molecular formula is C35H44N4O8. The van der Waals surface area contributed by atoms with Gasteiger partial charge in [-0.05, 0) is 58.1 Å². The van der Waals surface area contributed by atoms with E-state index in [1.165, 1.54) is 0 Å². The second-order valence-corrected chi connectivity index (χ2v) is 12.8. The molecule has 12 heteroatoms. The Morgan fingerprint density at radius 2 is 1.06 bits per heavy atom. The Kier molecular flexibility index (Phi) is 8.99. The summed E-state index contributed by atoms with van der Waals surface area (Å²) in [6, 6.07) is 6.21. The van der Waals surface area contributed by atoms with E-state index in [4.69, 9.17) is 18.9 Å². The quantitative estimate of drug-likeness (QED) is 0.364. The van der Waals surface area contributed by atoms with E-state index in [9.17, 15) is 19.8 Å². The van der Waals surface area contributed by atoms with Crippen molar-refractivity contribution in [1.29, 1.82) is 0 Å². The Morgan fingerprint density at radius 1 is 0.660 bits per heavy atom. The Hall–Kier alpha value is -4.42. The summed E-state index contributed by atoms with van der Waals surface area (Å²) >= 11 is 0. The zero-order valence-corrected chi connectivity index (χ0v) is 27.9. The van der Waals surface area contributed by atoms with Gasteiger partial charge in [0.2, 0.25) is 0 Å². The first-order chi connectivity index (χ1) is 22.5. The second kappa shape index (κ2) is 13.0. The van der Waals surface area contributed by atoms with Gasteiger partial charge in [0.05, 0.1) is 62.0 Å². The summed E-state index contributed by atoms with van der Waals surface area (Å²) in [6.45, 7) is 4.76. The van der Waals surface area contributed by atoms with E-state index >= 15 is 0 Å². The number of hydrogen-bond donors (Lipinski definition) is 2. The number of ether oxygens (including phenoxy) is 4. The van der Waals surface area contributed by atoms with E-state index in [1.807, 2.05) is 26.2 Å². The number of hydrogen-bond acceptors (Lipinski definition) is 10. The fourth-order valence-corrected chi connectivity index (χ4v) is 6.94. The number of aliphatic hydroxyl groups excluding tert-OH is 2. The molecular weight excluding hydrogens is 604 g/mol. The van der Waals surface area contributed by atoms with Gasteiger partial charge in [-0.3, -0.25) is 9.59 Å². The van der Waals surface area contributed by atoms with Crippen molar-refractivity contribution in [3.05, 3.63) is 58.9 Å². The number of benzene rings is 2. The molecule has 0 bridgehead atoms. The van der Waals surface area contributed by atoms with E-state index in [0.29, 0.717) is 71.6 Å². The van der Waals surface area contributed by atoms with E-state index in [-0.39, 0.29) is 23.9 Å². The fourth-order valence-electron chi connectivity index (χ4n) is 6.94. The second-order valence-electron chi connectivity index (χ2n) is 12.8. The van der Waals surface area contributed by atoms with Gasteiger partial charge in [-0.2, -0.15) is 0 Å². The highest BCUT2D eigenvalue weighted by Gasteiger charge is 2.42. The van der Waals surface area contributed by atoms with Gasteiger partial charge in [0.25, 0.3) is 11.8 Å². The predicted molar refractivity (Wildman–Crippen MR) is 176 cm³/mol. The number of amides is 2. The minimum Gasteiger partial charge on any atom is -0.493 e. The molecule has 12 nitrogen and oxygen atoms in total. The molecule has 0 spiro atoms. The van der Waals surface area contributed by atoms with E-state index in [2.05, 4.69) is 0 Å². The van der Waals surface area contributed by atoms with Gasteiger partial charge in [0.1, 0.15) is 12.5 Å². The van der Waals surface area contributed by atoms with Gasteiger partial charge in [-0.25, -0.2) is 0 Å². The molecule has 0 saturated heterocycles. The minimum atomic E-state index is -0.863. The van der Waals surface area contributed by atoms with Crippen molar-refractivity contribution in [2.75, 3.05) is 51.3 Å². The number of carbonyl (C=O) groups excluding carboxylic acids is 2. The Balaban J connectivity index is 1.06. The van der Waals surface area contributed by atoms with Gasteiger partial charge in [0, 0.05) is 38.6 Å². The predicted octanol–water partition coefficient (Wildman–Crippen LogP) is 4.10. The van der Waals surface area contributed by atoms with Gasteiger partial charge in [-0.15, -0.1) is 0 Å². The van der Waals surface area contributed by atoms with Crippen LogP contribution < -0.4 is 28.7 Å². The van der Waals surface area contributed by atoms with Gasteiger partial charge in [0.15, 0.2) is 23.0 Å². The molecule has 47 heavy (non-hydrogen) atoms. The van der Waals surface area contributed by atoms with Crippen molar-refractivity contribution < 1.29 is 38.7 Å². The Morgan fingerprint density at radius 3 is 1.45 bits per heavy atom. The molecule has 0 aliphatic carbocycles. The fraction of sp³-hybridized carbons (Fsp3) is 0.486. The van der Waals surface area contributed by atoms with Crippen LogP contribution >= 0.6 is 0 Å². The monoisotopic (exact) mass is 648 g/mol. The molecule has 0 aromatic heterocycles. The van der Waals surface area contributed by atoms with Crippen molar-refractivity contribution in [2.24, 2.45) is 0 Å². The average Bonchev–Trinajstić information content (AvgIpc) is 3.64. The number of methoxy groups -OCH3 is 2. The van der Waals surface area contributed by atoms with Gasteiger partial charge in [-0.1, -0.05) is 11.1 Å². The summed E-state index contributed by atoms with van der Waals surface area (Å²) in [5.74, 6) is 1.57. The normalized spacial score (nSPS) is 23.3. The number of aliphatic hydroxyl groups is 2. The van der Waals surface area contributed by atoms with Crippen LogP contribution in [0.3, 0.4) is 0 Å². The number of nitrogens with zero attached hydrogens (tertiary/aromatic N) is 4. The van der Waals surface area contributed by atoms with Crippen LogP contribution in [-0.4, -0.2) is 97.9 Å². The molecule has 252 valence electrons. The summed E-state index contributed by atoms with van der Waals surface area (Å²) in [5.41, 5.74) is 4.18. The number of likely N-dealkylation sites (N-methyl/N-ethyl adjacent to an activating group) is 2. The highest BCUT2D eigenvalue weighted by Crippen LogP contribution is 2.42. The number of rotatable bonds is 10. The zero-order chi connectivity index (χ0) is 33.6. The summed E-state index contributed by atoms with van der Waals surface area (Å²) in [4.78, 5) is 33.5.